The van der Waals surface area contributed by atoms with Gasteiger partial charge in [0, 0.05) is 11.6 Å². The van der Waals surface area contributed by atoms with E-state index in [2.05, 4.69) is 0 Å². The highest BCUT2D eigenvalue weighted by atomic mass is 35.5. The fourth-order valence-electron chi connectivity index (χ4n) is 2.97. The molecule has 1 fully saturated rings. The Kier molecular flexibility index (Phi) is 4.59. The molecule has 7 heteroatoms. The number of sulfonamides is 1. The molecule has 0 spiro atoms. The lowest BCUT2D eigenvalue weighted by Gasteiger charge is -2.25. The van der Waals surface area contributed by atoms with Crippen molar-refractivity contribution in [2.24, 2.45) is 0 Å². The average Bonchev–Trinajstić information content (AvgIpc) is 3.06. The number of benzene rings is 2. The summed E-state index contributed by atoms with van der Waals surface area (Å²) in [6, 6.07) is 11.5. The minimum absolute atomic E-state index is 0.0594. The first kappa shape index (κ1) is 16.9. The van der Waals surface area contributed by atoms with Crippen LogP contribution in [0.3, 0.4) is 0 Å². The molecule has 1 aliphatic rings. The summed E-state index contributed by atoms with van der Waals surface area (Å²) in [6.07, 6.45) is 1.34. The van der Waals surface area contributed by atoms with E-state index in [1.165, 1.54) is 34.6 Å². The summed E-state index contributed by atoms with van der Waals surface area (Å²) < 4.78 is 40.6. The van der Waals surface area contributed by atoms with Gasteiger partial charge in [0.15, 0.2) is 0 Å². The van der Waals surface area contributed by atoms with Crippen LogP contribution < -0.4 is 0 Å². The SMILES string of the molecule is N#Cc1ccc(Cl)cc1S(=O)(=O)N1CCCC1c1ccc(F)cc1. The molecule has 1 unspecified atom stereocenters. The van der Waals surface area contributed by atoms with E-state index < -0.39 is 10.0 Å². The summed E-state index contributed by atoms with van der Waals surface area (Å²) in [7, 11) is -3.88. The van der Waals surface area contributed by atoms with Crippen molar-refractivity contribution < 1.29 is 12.8 Å². The van der Waals surface area contributed by atoms with Crippen LogP contribution in [0.5, 0.6) is 0 Å². The third kappa shape index (κ3) is 3.03. The van der Waals surface area contributed by atoms with Gasteiger partial charge >= 0.3 is 0 Å². The maximum atomic E-state index is 13.1. The largest absolute Gasteiger partial charge is 0.245 e. The normalized spacial score (nSPS) is 18.5. The van der Waals surface area contributed by atoms with Gasteiger partial charge in [-0.15, -0.1) is 0 Å². The van der Waals surface area contributed by atoms with Crippen molar-refractivity contribution in [2.45, 2.75) is 23.8 Å². The molecule has 1 heterocycles. The van der Waals surface area contributed by atoms with Crippen LogP contribution in [0.25, 0.3) is 0 Å². The number of hydrogen-bond donors (Lipinski definition) is 0. The molecule has 124 valence electrons. The van der Waals surface area contributed by atoms with Gasteiger partial charge in [0.05, 0.1) is 11.6 Å². The van der Waals surface area contributed by atoms with E-state index in [1.54, 1.807) is 12.1 Å². The number of nitrogens with zero attached hydrogens (tertiary/aromatic N) is 2. The number of nitriles is 1. The van der Waals surface area contributed by atoms with Crippen molar-refractivity contribution in [3.63, 3.8) is 0 Å². The molecule has 0 bridgehead atoms. The molecule has 3 rings (SSSR count). The molecule has 0 N–H and O–H groups in total. The number of hydrogen-bond acceptors (Lipinski definition) is 3. The summed E-state index contributed by atoms with van der Waals surface area (Å²) in [5, 5.41) is 9.47. The molecular weight excluding hydrogens is 351 g/mol. The fraction of sp³-hybridized carbons (Fsp3) is 0.235. The third-order valence-electron chi connectivity index (χ3n) is 4.11. The topological polar surface area (TPSA) is 61.2 Å². The molecule has 0 radical (unpaired) electrons. The number of halogens is 2. The predicted octanol–water partition coefficient (Wildman–Crippen LogP) is 3.88. The lowest BCUT2D eigenvalue weighted by Crippen LogP contribution is -2.31. The van der Waals surface area contributed by atoms with Crippen molar-refractivity contribution in [3.8, 4) is 6.07 Å². The Labute approximate surface area is 145 Å². The quantitative estimate of drug-likeness (QED) is 0.830. The molecule has 1 aliphatic heterocycles. The van der Waals surface area contributed by atoms with E-state index in [-0.39, 0.29) is 27.3 Å². The summed E-state index contributed by atoms with van der Waals surface area (Å²) in [5.74, 6) is -0.368. The molecule has 1 atom stereocenters. The zero-order valence-electron chi connectivity index (χ0n) is 12.6. The predicted molar refractivity (Wildman–Crippen MR) is 88.4 cm³/mol. The van der Waals surface area contributed by atoms with E-state index >= 15 is 0 Å². The van der Waals surface area contributed by atoms with E-state index in [0.29, 0.717) is 19.4 Å². The van der Waals surface area contributed by atoms with Gasteiger partial charge in [0.25, 0.3) is 0 Å². The molecule has 2 aromatic rings. The molecule has 0 aliphatic carbocycles. The van der Waals surface area contributed by atoms with E-state index in [4.69, 9.17) is 11.6 Å². The van der Waals surface area contributed by atoms with Crippen LogP contribution in [0.2, 0.25) is 5.02 Å². The molecule has 0 saturated carbocycles. The highest BCUT2D eigenvalue weighted by Crippen LogP contribution is 2.37. The fourth-order valence-corrected chi connectivity index (χ4v) is 5.06. The Morgan fingerprint density at radius 3 is 2.58 bits per heavy atom. The highest BCUT2D eigenvalue weighted by Gasteiger charge is 2.37. The molecule has 0 aromatic heterocycles. The maximum Gasteiger partial charge on any atom is 0.245 e. The Morgan fingerprint density at radius 1 is 1.21 bits per heavy atom. The van der Waals surface area contributed by atoms with E-state index in [9.17, 15) is 18.1 Å². The lowest BCUT2D eigenvalue weighted by molar-refractivity contribution is 0.396. The Morgan fingerprint density at radius 2 is 1.92 bits per heavy atom. The van der Waals surface area contributed by atoms with Gasteiger partial charge in [-0.1, -0.05) is 23.7 Å². The third-order valence-corrected chi connectivity index (χ3v) is 6.29. The first-order valence-corrected chi connectivity index (χ1v) is 9.22. The van der Waals surface area contributed by atoms with Crippen LogP contribution in [-0.4, -0.2) is 19.3 Å². The smallest absolute Gasteiger partial charge is 0.207 e. The summed E-state index contributed by atoms with van der Waals surface area (Å²) in [5.41, 5.74) is 0.794. The monoisotopic (exact) mass is 364 g/mol. The Bertz CT molecular complexity index is 907. The molecule has 0 amide bonds. The Balaban J connectivity index is 2.05. The van der Waals surface area contributed by atoms with Crippen molar-refractivity contribution in [2.75, 3.05) is 6.54 Å². The second-order valence-electron chi connectivity index (χ2n) is 5.58. The zero-order chi connectivity index (χ0) is 17.3. The molecule has 24 heavy (non-hydrogen) atoms. The first-order chi connectivity index (χ1) is 11.4. The standard InChI is InChI=1S/C17H14ClFN2O2S/c18-14-6-3-13(11-20)17(10-14)24(22,23)21-9-1-2-16(21)12-4-7-15(19)8-5-12/h3-8,10,16H,1-2,9H2. The molecular formula is C17H14ClFN2O2S. The van der Waals surface area contributed by atoms with Gasteiger partial charge < -0.3 is 0 Å². The van der Waals surface area contributed by atoms with Crippen LogP contribution in [0, 0.1) is 17.1 Å². The van der Waals surface area contributed by atoms with Gasteiger partial charge in [-0.3, -0.25) is 0 Å². The van der Waals surface area contributed by atoms with Crippen LogP contribution in [0.15, 0.2) is 47.4 Å². The summed E-state index contributed by atoms with van der Waals surface area (Å²) in [4.78, 5) is -0.0912. The van der Waals surface area contributed by atoms with Crippen LogP contribution in [0.4, 0.5) is 4.39 Å². The van der Waals surface area contributed by atoms with Crippen molar-refractivity contribution in [1.82, 2.24) is 4.31 Å². The lowest BCUT2D eigenvalue weighted by atomic mass is 10.1. The summed E-state index contributed by atoms with van der Waals surface area (Å²) in [6.45, 7) is 0.349. The number of rotatable bonds is 3. The van der Waals surface area contributed by atoms with Crippen LogP contribution >= 0.6 is 11.6 Å². The minimum atomic E-state index is -3.88. The highest BCUT2D eigenvalue weighted by molar-refractivity contribution is 7.89. The molecule has 2 aromatic carbocycles. The van der Waals surface area contributed by atoms with Crippen molar-refractivity contribution >= 4 is 21.6 Å². The van der Waals surface area contributed by atoms with Gasteiger partial charge in [-0.05, 0) is 48.7 Å². The van der Waals surface area contributed by atoms with Crippen LogP contribution in [0.1, 0.15) is 30.0 Å². The average molecular weight is 365 g/mol. The Hall–Kier alpha value is -1.94. The van der Waals surface area contributed by atoms with Gasteiger partial charge in [0.2, 0.25) is 10.0 Å². The van der Waals surface area contributed by atoms with Gasteiger partial charge in [-0.25, -0.2) is 12.8 Å². The maximum absolute atomic E-state index is 13.1. The zero-order valence-corrected chi connectivity index (χ0v) is 14.2. The molecule has 4 nitrogen and oxygen atoms in total. The van der Waals surface area contributed by atoms with Crippen LogP contribution in [-0.2, 0) is 10.0 Å². The van der Waals surface area contributed by atoms with E-state index in [1.807, 2.05) is 6.07 Å². The molecule has 1 saturated heterocycles. The summed E-state index contributed by atoms with van der Waals surface area (Å²) >= 11 is 5.92. The second-order valence-corrected chi connectivity index (χ2v) is 7.87. The first-order valence-electron chi connectivity index (χ1n) is 7.40. The van der Waals surface area contributed by atoms with Gasteiger partial charge in [-0.2, -0.15) is 9.57 Å². The second kappa shape index (κ2) is 6.52. The van der Waals surface area contributed by atoms with Gasteiger partial charge in [0.1, 0.15) is 16.8 Å². The minimum Gasteiger partial charge on any atom is -0.207 e. The van der Waals surface area contributed by atoms with Crippen molar-refractivity contribution in [1.29, 1.82) is 5.26 Å². The van der Waals surface area contributed by atoms with Crippen molar-refractivity contribution in [3.05, 3.63) is 64.4 Å². The van der Waals surface area contributed by atoms with E-state index in [0.717, 1.165) is 5.56 Å².